The lowest BCUT2D eigenvalue weighted by atomic mass is 9.99. The molecule has 0 saturated heterocycles. The Morgan fingerprint density at radius 1 is 0.456 bits per heavy atom. The second-order valence-electron chi connectivity index (χ2n) is 13.9. The smallest absolute Gasteiger partial charge is 0.166 e. The van der Waals surface area contributed by atoms with Crippen molar-refractivity contribution in [3.05, 3.63) is 182 Å². The summed E-state index contributed by atoms with van der Waals surface area (Å²) in [5.41, 5.74) is 6.27. The number of nitrogens with zero attached hydrogens (tertiary/aromatic N) is 4. The van der Waals surface area contributed by atoms with Crippen molar-refractivity contribution in [2.24, 2.45) is 0 Å². The number of thiophene rings is 1. The van der Waals surface area contributed by atoms with E-state index in [2.05, 4.69) is 24.3 Å². The Bertz CT molecular complexity index is 3830. The van der Waals surface area contributed by atoms with E-state index in [1.54, 1.807) is 15.9 Å². The molecule has 0 atom stereocenters. The van der Waals surface area contributed by atoms with Gasteiger partial charge in [0, 0.05) is 58.4 Å². The van der Waals surface area contributed by atoms with E-state index in [0.29, 0.717) is 39.9 Å². The molecular formula is C51H30N4OS. The summed E-state index contributed by atoms with van der Waals surface area (Å²) >= 11 is 1.71. The quantitative estimate of drug-likeness (QED) is 0.176. The molecule has 0 radical (unpaired) electrons. The third-order valence-electron chi connectivity index (χ3n) is 10.6. The third-order valence-corrected chi connectivity index (χ3v) is 11.8. The van der Waals surface area contributed by atoms with E-state index in [9.17, 15) is 2.74 Å². The van der Waals surface area contributed by atoms with Crippen LogP contribution in [0.25, 0.3) is 115 Å². The number of aromatic nitrogens is 4. The van der Waals surface area contributed by atoms with Gasteiger partial charge in [-0.1, -0.05) is 133 Å². The summed E-state index contributed by atoms with van der Waals surface area (Å²) in [4.78, 5) is 15.3. The fraction of sp³-hybridized carbons (Fsp3) is 0. The zero-order valence-electron chi connectivity index (χ0n) is 36.0. The number of furan rings is 1. The minimum Gasteiger partial charge on any atom is -0.456 e. The number of para-hydroxylation sites is 3. The maximum Gasteiger partial charge on any atom is 0.166 e. The average Bonchev–Trinajstić information content (AvgIpc) is 4.00. The lowest BCUT2D eigenvalue weighted by Crippen LogP contribution is -2.04. The minimum absolute atomic E-state index is 0.0593. The molecule has 57 heavy (non-hydrogen) atoms. The molecule has 0 unspecified atom stereocenters. The molecule has 0 spiro atoms. The van der Waals surface area contributed by atoms with E-state index in [0.717, 1.165) is 53.2 Å². The van der Waals surface area contributed by atoms with Crippen molar-refractivity contribution in [2.45, 2.75) is 0 Å². The molecule has 8 aromatic carbocycles. The first kappa shape index (κ1) is 26.4. The van der Waals surface area contributed by atoms with Crippen LogP contribution in [0, 0.1) is 0 Å². The van der Waals surface area contributed by atoms with E-state index in [-0.39, 0.29) is 58.1 Å². The molecule has 4 heterocycles. The van der Waals surface area contributed by atoms with Crippen molar-refractivity contribution in [1.82, 2.24) is 19.5 Å². The number of fused-ring (bicyclic) bond motifs is 9. The first-order valence-corrected chi connectivity index (χ1v) is 19.3. The molecule has 0 saturated carbocycles. The van der Waals surface area contributed by atoms with Crippen LogP contribution in [0.1, 0.15) is 8.22 Å². The Morgan fingerprint density at radius 2 is 1.12 bits per heavy atom. The summed E-state index contributed by atoms with van der Waals surface area (Å²) < 4.78 is 64.5. The van der Waals surface area contributed by atoms with Crippen molar-refractivity contribution in [3.8, 4) is 51.0 Å². The first-order chi connectivity index (χ1) is 30.7. The highest BCUT2D eigenvalue weighted by Gasteiger charge is 2.21. The molecule has 0 aliphatic heterocycles. The van der Waals surface area contributed by atoms with Gasteiger partial charge < -0.3 is 8.98 Å². The fourth-order valence-electron chi connectivity index (χ4n) is 8.01. The minimum atomic E-state index is -0.189. The van der Waals surface area contributed by atoms with Gasteiger partial charge in [-0.3, -0.25) is 0 Å². The molecule has 12 aromatic rings. The molecule has 0 bridgehead atoms. The van der Waals surface area contributed by atoms with Gasteiger partial charge in [0.1, 0.15) is 11.2 Å². The summed E-state index contributed by atoms with van der Waals surface area (Å²) in [6, 6.07) is 45.8. The average molecular weight is 753 g/mol. The fourth-order valence-corrected chi connectivity index (χ4v) is 9.25. The van der Waals surface area contributed by atoms with E-state index in [4.69, 9.17) is 24.9 Å². The predicted octanol–water partition coefficient (Wildman–Crippen LogP) is 13.9. The van der Waals surface area contributed by atoms with Crippen LogP contribution in [-0.2, 0) is 0 Å². The number of hydrogen-bond donors (Lipinski definition) is 0. The van der Waals surface area contributed by atoms with Crippen molar-refractivity contribution >= 4 is 75.3 Å². The molecule has 0 N–H and O–H groups in total. The second kappa shape index (κ2) is 12.6. The van der Waals surface area contributed by atoms with Gasteiger partial charge >= 0.3 is 0 Å². The standard InChI is InChI=1S/C51H30N4OS/c1-2-13-31(14-3-1)49-52-50(33-26-27-38-37-17-6-10-23-45(37)56-46(38)30-33)54-51(53-49)41-28-25-32(34-19-12-20-40-39-18-7-11-24-47(39)57-48(34)40)29-44(41)55-42-21-8-4-15-35(42)36-16-5-9-22-43(36)55/h1-30H/i4D,5D,15D,16D,21D,22D. The molecule has 0 amide bonds. The van der Waals surface area contributed by atoms with Gasteiger partial charge in [-0.05, 0) is 59.6 Å². The van der Waals surface area contributed by atoms with Gasteiger partial charge in [-0.2, -0.15) is 0 Å². The number of rotatable bonds is 5. The van der Waals surface area contributed by atoms with Crippen molar-refractivity contribution in [3.63, 3.8) is 0 Å². The molecule has 5 nitrogen and oxygen atoms in total. The summed E-state index contributed by atoms with van der Waals surface area (Å²) in [6.45, 7) is 0. The lowest BCUT2D eigenvalue weighted by Gasteiger charge is -2.16. The SMILES string of the molecule is [2H]c1cc([2H])c2c(c1[2H])c1c([2H])c([2H])cc([2H])c1n2-c1cc(-c2cccc3c2sc2ccccc23)ccc1-c1nc(-c2ccccc2)nc(-c2ccc3c(c2)oc2ccccc23)n1. The van der Waals surface area contributed by atoms with Gasteiger partial charge in [0.05, 0.1) is 24.9 Å². The maximum absolute atomic E-state index is 9.34. The van der Waals surface area contributed by atoms with Crippen LogP contribution < -0.4 is 0 Å². The van der Waals surface area contributed by atoms with Gasteiger partial charge in [-0.15, -0.1) is 11.3 Å². The van der Waals surface area contributed by atoms with Crippen LogP contribution in [0.4, 0.5) is 0 Å². The van der Waals surface area contributed by atoms with Crippen LogP contribution >= 0.6 is 11.3 Å². The van der Waals surface area contributed by atoms with Gasteiger partial charge in [0.25, 0.3) is 0 Å². The molecule has 0 aliphatic carbocycles. The van der Waals surface area contributed by atoms with Crippen molar-refractivity contribution in [1.29, 1.82) is 0 Å². The highest BCUT2D eigenvalue weighted by atomic mass is 32.1. The Balaban J connectivity index is 1.19. The second-order valence-corrected chi connectivity index (χ2v) is 14.9. The lowest BCUT2D eigenvalue weighted by molar-refractivity contribution is 0.669. The topological polar surface area (TPSA) is 56.7 Å². The maximum atomic E-state index is 9.34. The molecule has 0 aliphatic rings. The van der Waals surface area contributed by atoms with Crippen LogP contribution in [0.5, 0.6) is 0 Å². The third kappa shape index (κ3) is 5.04. The molecule has 0 fully saturated rings. The Morgan fingerprint density at radius 3 is 1.95 bits per heavy atom. The van der Waals surface area contributed by atoms with Crippen LogP contribution in [0.2, 0.25) is 0 Å². The van der Waals surface area contributed by atoms with Crippen LogP contribution in [0.15, 0.2) is 186 Å². The van der Waals surface area contributed by atoms with E-state index in [1.165, 1.54) is 12.1 Å². The predicted molar refractivity (Wildman–Crippen MR) is 236 cm³/mol. The van der Waals surface area contributed by atoms with E-state index >= 15 is 0 Å². The van der Waals surface area contributed by atoms with Gasteiger partial charge in [-0.25, -0.2) is 15.0 Å². The number of benzene rings is 8. The molecule has 12 rings (SSSR count). The van der Waals surface area contributed by atoms with Gasteiger partial charge in [0.2, 0.25) is 0 Å². The molecular weight excluding hydrogens is 717 g/mol. The van der Waals surface area contributed by atoms with Crippen LogP contribution in [-0.4, -0.2) is 19.5 Å². The van der Waals surface area contributed by atoms with E-state index in [1.807, 2.05) is 109 Å². The summed E-state index contributed by atoms with van der Waals surface area (Å²) in [6.07, 6.45) is 0. The highest BCUT2D eigenvalue weighted by Crippen LogP contribution is 2.43. The first-order valence-electron chi connectivity index (χ1n) is 21.5. The zero-order chi connectivity index (χ0) is 42.7. The van der Waals surface area contributed by atoms with Gasteiger partial charge in [0.15, 0.2) is 17.5 Å². The Hall–Kier alpha value is -7.41. The summed E-state index contributed by atoms with van der Waals surface area (Å²) in [5, 5.41) is 4.59. The van der Waals surface area contributed by atoms with Crippen molar-refractivity contribution in [2.75, 3.05) is 0 Å². The highest BCUT2D eigenvalue weighted by molar-refractivity contribution is 7.26. The molecule has 4 aromatic heterocycles. The Labute approximate surface area is 339 Å². The molecule has 266 valence electrons. The zero-order valence-corrected chi connectivity index (χ0v) is 30.8. The van der Waals surface area contributed by atoms with Crippen LogP contribution in [0.3, 0.4) is 0 Å². The summed E-state index contributed by atoms with van der Waals surface area (Å²) in [7, 11) is 0. The molecule has 6 heteroatoms. The monoisotopic (exact) mass is 752 g/mol. The van der Waals surface area contributed by atoms with Crippen molar-refractivity contribution < 1.29 is 12.6 Å². The number of hydrogen-bond acceptors (Lipinski definition) is 5. The Kier molecular flexibility index (Phi) is 5.82. The normalized spacial score (nSPS) is 13.3. The summed E-state index contributed by atoms with van der Waals surface area (Å²) in [5.74, 6) is 1.13. The largest absolute Gasteiger partial charge is 0.456 e. The van der Waals surface area contributed by atoms with E-state index < -0.39 is 0 Å².